The second-order valence-corrected chi connectivity index (χ2v) is 7.07. The molecule has 2 aromatic rings. The Balaban J connectivity index is 2.30. The van der Waals surface area contributed by atoms with E-state index >= 15 is 0 Å². The third-order valence-electron chi connectivity index (χ3n) is 3.56. The van der Waals surface area contributed by atoms with Gasteiger partial charge in [-0.2, -0.15) is 0 Å². The zero-order valence-electron chi connectivity index (χ0n) is 12.6. The van der Waals surface area contributed by atoms with Crippen molar-refractivity contribution in [3.63, 3.8) is 0 Å². The van der Waals surface area contributed by atoms with E-state index in [0.717, 1.165) is 10.5 Å². The van der Waals surface area contributed by atoms with Crippen LogP contribution in [0, 0.1) is 0 Å². The Labute approximate surface area is 147 Å². The van der Waals surface area contributed by atoms with Gasteiger partial charge >= 0.3 is 5.97 Å². The number of likely N-dealkylation sites (N-methyl/N-ethyl adjacent to an activating group) is 1. The van der Waals surface area contributed by atoms with Gasteiger partial charge in [-0.3, -0.25) is 4.79 Å². The zero-order chi connectivity index (χ0) is 17.4. The molecule has 0 aliphatic carbocycles. The maximum absolute atomic E-state index is 12.4. The first kappa shape index (κ1) is 17.7. The Hall–Kier alpha value is -1.63. The summed E-state index contributed by atoms with van der Waals surface area (Å²) in [5.41, 5.74) is -0.402. The maximum atomic E-state index is 12.4. The molecule has 0 saturated heterocycles. The van der Waals surface area contributed by atoms with Gasteiger partial charge in [0.1, 0.15) is 16.2 Å². The van der Waals surface area contributed by atoms with Crippen molar-refractivity contribution in [2.24, 2.45) is 0 Å². The summed E-state index contributed by atoms with van der Waals surface area (Å²) in [4.78, 5) is 29.1. The van der Waals surface area contributed by atoms with Gasteiger partial charge in [0, 0.05) is 18.0 Å². The number of nitrogens with zero attached hydrogens (tertiary/aromatic N) is 2. The number of hydrogen-bond acceptors (Lipinski definition) is 4. The number of thiazole rings is 1. The minimum absolute atomic E-state index is 0.188. The highest BCUT2D eigenvalue weighted by molar-refractivity contribution is 7.13. The number of amides is 1. The predicted molar refractivity (Wildman–Crippen MR) is 91.4 cm³/mol. The second-order valence-electron chi connectivity index (χ2n) is 5.40. The highest BCUT2D eigenvalue weighted by Crippen LogP contribution is 2.30. The first-order valence-electron chi connectivity index (χ1n) is 6.57. The van der Waals surface area contributed by atoms with Gasteiger partial charge in [-0.1, -0.05) is 29.3 Å². The molecule has 0 fully saturated rings. The van der Waals surface area contributed by atoms with Gasteiger partial charge in [0.25, 0.3) is 5.91 Å². The highest BCUT2D eigenvalue weighted by Gasteiger charge is 2.36. The molecule has 0 saturated carbocycles. The molecule has 0 radical (unpaired) electrons. The summed E-state index contributed by atoms with van der Waals surface area (Å²) in [6.45, 7) is 2.92. The highest BCUT2D eigenvalue weighted by atomic mass is 35.5. The molecular weight excluding hydrogens is 359 g/mol. The van der Waals surface area contributed by atoms with Crippen LogP contribution in [0.15, 0.2) is 23.6 Å². The third kappa shape index (κ3) is 3.49. The summed E-state index contributed by atoms with van der Waals surface area (Å²) < 4.78 is 0. The topological polar surface area (TPSA) is 70.5 Å². The van der Waals surface area contributed by atoms with E-state index < -0.39 is 17.4 Å². The molecule has 1 N–H and O–H groups in total. The lowest BCUT2D eigenvalue weighted by molar-refractivity contribution is -0.147. The van der Waals surface area contributed by atoms with Gasteiger partial charge in [-0.25, -0.2) is 9.78 Å². The quantitative estimate of drug-likeness (QED) is 0.878. The largest absolute Gasteiger partial charge is 0.480 e. The summed E-state index contributed by atoms with van der Waals surface area (Å²) in [6, 6.07) is 5.08. The zero-order valence-corrected chi connectivity index (χ0v) is 15.0. The van der Waals surface area contributed by atoms with E-state index in [1.54, 1.807) is 23.6 Å². The molecule has 0 aliphatic rings. The van der Waals surface area contributed by atoms with Gasteiger partial charge in [0.15, 0.2) is 0 Å². The van der Waals surface area contributed by atoms with E-state index in [1.807, 2.05) is 0 Å². The van der Waals surface area contributed by atoms with Crippen LogP contribution in [0.5, 0.6) is 0 Å². The van der Waals surface area contributed by atoms with Gasteiger partial charge < -0.3 is 10.0 Å². The number of carboxylic acid groups (broad SMARTS) is 1. The van der Waals surface area contributed by atoms with Crippen molar-refractivity contribution in [1.29, 1.82) is 0 Å². The lowest BCUT2D eigenvalue weighted by atomic mass is 10.0. The van der Waals surface area contributed by atoms with E-state index in [2.05, 4.69) is 4.98 Å². The first-order valence-corrected chi connectivity index (χ1v) is 8.20. The number of carbonyl (C=O) groups excluding carboxylic acids is 1. The third-order valence-corrected chi connectivity index (χ3v) is 5.19. The van der Waals surface area contributed by atoms with Gasteiger partial charge in [-0.05, 0) is 26.0 Å². The van der Waals surface area contributed by atoms with Crippen LogP contribution in [0.4, 0.5) is 0 Å². The minimum Gasteiger partial charge on any atom is -0.480 e. The number of benzene rings is 1. The number of rotatable bonds is 4. The molecule has 1 heterocycles. The summed E-state index contributed by atoms with van der Waals surface area (Å²) in [5, 5.41) is 12.2. The molecule has 1 aromatic heterocycles. The van der Waals surface area contributed by atoms with Crippen LogP contribution in [0.1, 0.15) is 24.3 Å². The van der Waals surface area contributed by atoms with Gasteiger partial charge in [0.05, 0.1) is 10.0 Å². The molecule has 8 heteroatoms. The van der Waals surface area contributed by atoms with Crippen LogP contribution < -0.4 is 0 Å². The van der Waals surface area contributed by atoms with Crippen LogP contribution in [-0.2, 0) is 4.79 Å². The Morgan fingerprint density at radius 3 is 2.48 bits per heavy atom. The van der Waals surface area contributed by atoms with Crippen molar-refractivity contribution in [1.82, 2.24) is 9.88 Å². The Bertz CT molecular complexity index is 774. The molecule has 0 bridgehead atoms. The van der Waals surface area contributed by atoms with Crippen LogP contribution >= 0.6 is 34.5 Å². The molecule has 1 amide bonds. The SMILES string of the molecule is CN(C(=O)c1csc(-c2ccc(Cl)c(Cl)c2)n1)C(C)(C)C(=O)O. The van der Waals surface area contributed by atoms with Crippen molar-refractivity contribution >= 4 is 46.4 Å². The van der Waals surface area contributed by atoms with Crippen LogP contribution in [0.25, 0.3) is 10.6 Å². The average molecular weight is 373 g/mol. The number of hydrogen-bond donors (Lipinski definition) is 1. The Morgan fingerprint density at radius 2 is 1.91 bits per heavy atom. The summed E-state index contributed by atoms with van der Waals surface area (Å²) in [6.07, 6.45) is 0. The van der Waals surface area contributed by atoms with E-state index in [4.69, 9.17) is 23.2 Å². The molecular formula is C15H14Cl2N2O3S. The number of carboxylic acids is 1. The smallest absolute Gasteiger partial charge is 0.329 e. The lowest BCUT2D eigenvalue weighted by Crippen LogP contribution is -2.50. The van der Waals surface area contributed by atoms with Gasteiger partial charge in [-0.15, -0.1) is 11.3 Å². The number of aliphatic carboxylic acids is 1. The van der Waals surface area contributed by atoms with Crippen molar-refractivity contribution < 1.29 is 14.7 Å². The Morgan fingerprint density at radius 1 is 1.26 bits per heavy atom. The van der Waals surface area contributed by atoms with Crippen molar-refractivity contribution in [3.05, 3.63) is 39.3 Å². The van der Waals surface area contributed by atoms with E-state index in [1.165, 1.54) is 32.2 Å². The molecule has 23 heavy (non-hydrogen) atoms. The number of carbonyl (C=O) groups is 2. The monoisotopic (exact) mass is 372 g/mol. The number of aromatic nitrogens is 1. The summed E-state index contributed by atoms with van der Waals surface area (Å²) in [5.74, 6) is -1.55. The molecule has 5 nitrogen and oxygen atoms in total. The standard InChI is InChI=1S/C15H14Cl2N2O3S/c1-15(2,14(21)22)19(3)13(20)11-7-23-12(18-11)8-4-5-9(16)10(17)6-8/h4-7H,1-3H3,(H,21,22). The molecule has 0 spiro atoms. The molecule has 122 valence electrons. The fraction of sp³-hybridized carbons (Fsp3) is 0.267. The van der Waals surface area contributed by atoms with E-state index in [-0.39, 0.29) is 5.69 Å². The normalized spacial score (nSPS) is 11.3. The molecule has 1 aromatic carbocycles. The van der Waals surface area contributed by atoms with Crippen molar-refractivity contribution in [2.75, 3.05) is 7.05 Å². The maximum Gasteiger partial charge on any atom is 0.329 e. The molecule has 0 atom stereocenters. The fourth-order valence-electron chi connectivity index (χ4n) is 1.70. The minimum atomic E-state index is -1.33. The fourth-order valence-corrected chi connectivity index (χ4v) is 2.79. The lowest BCUT2D eigenvalue weighted by Gasteiger charge is -2.30. The predicted octanol–water partition coefficient (Wildman–Crippen LogP) is 4.05. The molecule has 0 unspecified atom stereocenters. The number of halogens is 2. The van der Waals surface area contributed by atoms with Gasteiger partial charge in [0.2, 0.25) is 0 Å². The van der Waals surface area contributed by atoms with E-state index in [0.29, 0.717) is 15.1 Å². The molecule has 2 rings (SSSR count). The van der Waals surface area contributed by atoms with E-state index in [9.17, 15) is 14.7 Å². The summed E-state index contributed by atoms with van der Waals surface area (Å²) in [7, 11) is 1.44. The Kier molecular flexibility index (Phi) is 4.98. The average Bonchev–Trinajstić information content (AvgIpc) is 2.98. The molecule has 0 aliphatic heterocycles. The van der Waals surface area contributed by atoms with Crippen molar-refractivity contribution in [2.45, 2.75) is 19.4 Å². The van der Waals surface area contributed by atoms with Crippen LogP contribution in [0.2, 0.25) is 10.0 Å². The van der Waals surface area contributed by atoms with Crippen LogP contribution in [0.3, 0.4) is 0 Å². The summed E-state index contributed by atoms with van der Waals surface area (Å²) >= 11 is 13.1. The van der Waals surface area contributed by atoms with Crippen molar-refractivity contribution in [3.8, 4) is 10.6 Å². The van der Waals surface area contributed by atoms with Crippen LogP contribution in [-0.4, -0.2) is 39.5 Å². The first-order chi connectivity index (χ1) is 10.6. The second kappa shape index (κ2) is 6.47.